The van der Waals surface area contributed by atoms with Gasteiger partial charge in [-0.15, -0.1) is 0 Å². The lowest BCUT2D eigenvalue weighted by Crippen LogP contribution is -2.42. The first-order chi connectivity index (χ1) is 10.2. The Morgan fingerprint density at radius 2 is 2.29 bits per heavy atom. The van der Waals surface area contributed by atoms with Crippen LogP contribution in [0.5, 0.6) is 0 Å². The van der Waals surface area contributed by atoms with Crippen LogP contribution in [-0.2, 0) is 22.5 Å². The van der Waals surface area contributed by atoms with E-state index in [9.17, 15) is 4.79 Å². The maximum absolute atomic E-state index is 11.9. The highest BCUT2D eigenvalue weighted by molar-refractivity contribution is 5.76. The number of hydrogen-bond donors (Lipinski definition) is 2. The number of anilines is 1. The average molecular weight is 290 g/mol. The third-order valence-electron chi connectivity index (χ3n) is 4.34. The fourth-order valence-corrected chi connectivity index (χ4v) is 2.83. The highest BCUT2D eigenvalue weighted by Gasteiger charge is 2.24. The molecular formula is C17H26N2O2. The van der Waals surface area contributed by atoms with E-state index < -0.39 is 0 Å². The molecule has 4 heteroatoms. The Morgan fingerprint density at radius 1 is 1.48 bits per heavy atom. The van der Waals surface area contributed by atoms with Crippen molar-refractivity contribution in [1.82, 2.24) is 5.32 Å². The van der Waals surface area contributed by atoms with E-state index in [4.69, 9.17) is 4.74 Å². The molecule has 0 aromatic heterocycles. The first-order valence-electron chi connectivity index (χ1n) is 7.83. The van der Waals surface area contributed by atoms with Crippen LogP contribution in [0, 0.1) is 5.92 Å². The fraction of sp³-hybridized carbons (Fsp3) is 0.588. The van der Waals surface area contributed by atoms with E-state index in [-0.39, 0.29) is 17.9 Å². The molecule has 0 aliphatic carbocycles. The number of carbonyl (C=O) groups is 1. The molecular weight excluding hydrogens is 264 g/mol. The lowest BCUT2D eigenvalue weighted by molar-refractivity contribution is -0.144. The Morgan fingerprint density at radius 3 is 3.00 bits per heavy atom. The number of rotatable bonds is 6. The van der Waals surface area contributed by atoms with E-state index in [1.165, 1.54) is 30.3 Å². The zero-order chi connectivity index (χ0) is 15.2. The predicted octanol–water partition coefficient (Wildman–Crippen LogP) is 2.72. The molecule has 0 radical (unpaired) electrons. The van der Waals surface area contributed by atoms with Crippen molar-refractivity contribution in [2.45, 2.75) is 45.7 Å². The van der Waals surface area contributed by atoms with Gasteiger partial charge in [0, 0.05) is 18.8 Å². The van der Waals surface area contributed by atoms with Crippen molar-refractivity contribution in [3.8, 4) is 0 Å². The van der Waals surface area contributed by atoms with Crippen LogP contribution in [0.15, 0.2) is 18.2 Å². The molecule has 0 bridgehead atoms. The van der Waals surface area contributed by atoms with Crippen LogP contribution in [0.3, 0.4) is 0 Å². The molecule has 0 fully saturated rings. The van der Waals surface area contributed by atoms with Gasteiger partial charge < -0.3 is 10.1 Å². The maximum atomic E-state index is 11.9. The topological polar surface area (TPSA) is 50.4 Å². The lowest BCUT2D eigenvalue weighted by Gasteiger charge is -2.25. The smallest absolute Gasteiger partial charge is 0.323 e. The summed E-state index contributed by atoms with van der Waals surface area (Å²) in [5.74, 6) is 0.0760. The summed E-state index contributed by atoms with van der Waals surface area (Å²) in [6, 6.07) is 6.14. The van der Waals surface area contributed by atoms with Crippen molar-refractivity contribution in [1.29, 1.82) is 0 Å². The fourth-order valence-electron chi connectivity index (χ4n) is 2.83. The van der Waals surface area contributed by atoms with E-state index in [0.29, 0.717) is 6.54 Å². The van der Waals surface area contributed by atoms with Crippen LogP contribution in [0.2, 0.25) is 0 Å². The lowest BCUT2D eigenvalue weighted by atomic mass is 9.97. The molecule has 1 aliphatic rings. The van der Waals surface area contributed by atoms with Crippen LogP contribution in [0.4, 0.5) is 5.69 Å². The molecule has 0 spiro atoms. The van der Waals surface area contributed by atoms with Crippen molar-refractivity contribution in [3.05, 3.63) is 29.3 Å². The summed E-state index contributed by atoms with van der Waals surface area (Å²) in [5.41, 5.74) is 3.84. The molecule has 21 heavy (non-hydrogen) atoms. The highest BCUT2D eigenvalue weighted by atomic mass is 16.5. The van der Waals surface area contributed by atoms with Crippen LogP contribution in [0.1, 0.15) is 37.8 Å². The van der Waals surface area contributed by atoms with Crippen molar-refractivity contribution in [2.24, 2.45) is 5.92 Å². The summed E-state index contributed by atoms with van der Waals surface area (Å²) >= 11 is 0. The Labute approximate surface area is 127 Å². The second-order valence-corrected chi connectivity index (χ2v) is 5.75. The van der Waals surface area contributed by atoms with E-state index >= 15 is 0 Å². The monoisotopic (exact) mass is 290 g/mol. The second-order valence-electron chi connectivity index (χ2n) is 5.75. The van der Waals surface area contributed by atoms with E-state index in [1.54, 1.807) is 0 Å². The molecule has 2 rings (SSSR count). The number of ether oxygens (including phenoxy) is 1. The largest absolute Gasteiger partial charge is 0.468 e. The molecule has 0 saturated carbocycles. The van der Waals surface area contributed by atoms with Gasteiger partial charge >= 0.3 is 5.97 Å². The van der Waals surface area contributed by atoms with Crippen molar-refractivity contribution in [2.75, 3.05) is 19.0 Å². The first-order valence-corrected chi connectivity index (χ1v) is 7.83. The van der Waals surface area contributed by atoms with Gasteiger partial charge in [0.1, 0.15) is 6.04 Å². The molecule has 1 aliphatic heterocycles. The Kier molecular flexibility index (Phi) is 5.62. The number of nitrogens with one attached hydrogen (secondary N) is 2. The number of methoxy groups -OCH3 is 1. The average Bonchev–Trinajstić information content (AvgIpc) is 2.54. The zero-order valence-corrected chi connectivity index (χ0v) is 13.2. The molecule has 0 saturated heterocycles. The van der Waals surface area contributed by atoms with Gasteiger partial charge in [0.05, 0.1) is 7.11 Å². The van der Waals surface area contributed by atoms with Gasteiger partial charge in [-0.05, 0) is 29.9 Å². The van der Waals surface area contributed by atoms with Crippen LogP contribution >= 0.6 is 0 Å². The number of carbonyl (C=O) groups excluding carboxylic acids is 1. The number of aryl methyl sites for hydroxylation is 1. The molecule has 1 aromatic carbocycles. The van der Waals surface area contributed by atoms with Gasteiger partial charge in [0.2, 0.25) is 0 Å². The van der Waals surface area contributed by atoms with Crippen molar-refractivity contribution in [3.63, 3.8) is 0 Å². The summed E-state index contributed by atoms with van der Waals surface area (Å²) in [5, 5.41) is 6.86. The second kappa shape index (κ2) is 7.46. The van der Waals surface area contributed by atoms with Crippen LogP contribution < -0.4 is 10.6 Å². The van der Waals surface area contributed by atoms with Crippen LogP contribution in [-0.4, -0.2) is 25.7 Å². The molecule has 116 valence electrons. The highest BCUT2D eigenvalue weighted by Crippen LogP contribution is 2.26. The molecule has 1 heterocycles. The summed E-state index contributed by atoms with van der Waals surface area (Å²) in [6.45, 7) is 5.87. The van der Waals surface area contributed by atoms with Gasteiger partial charge in [-0.3, -0.25) is 10.1 Å². The maximum Gasteiger partial charge on any atom is 0.323 e. The molecule has 0 amide bonds. The third kappa shape index (κ3) is 3.76. The predicted molar refractivity (Wildman–Crippen MR) is 85.4 cm³/mol. The SMILES string of the molecule is CCC(C)C(NCc1cccc2c1NCCC2)C(=O)OC. The Bertz CT molecular complexity index is 488. The number of fused-ring (bicyclic) bond motifs is 1. The number of esters is 1. The number of hydrogen-bond acceptors (Lipinski definition) is 4. The van der Waals surface area contributed by atoms with Gasteiger partial charge in [0.15, 0.2) is 0 Å². The van der Waals surface area contributed by atoms with Gasteiger partial charge in [-0.25, -0.2) is 0 Å². The van der Waals surface area contributed by atoms with E-state index in [2.05, 4.69) is 42.7 Å². The molecule has 4 nitrogen and oxygen atoms in total. The molecule has 1 aromatic rings. The summed E-state index contributed by atoms with van der Waals surface area (Å²) < 4.78 is 4.92. The van der Waals surface area contributed by atoms with Crippen LogP contribution in [0.25, 0.3) is 0 Å². The summed E-state index contributed by atoms with van der Waals surface area (Å²) in [7, 11) is 1.45. The standard InChI is InChI=1S/C17H26N2O2/c1-4-12(2)15(17(20)21-3)19-11-14-8-5-7-13-9-6-10-18-16(13)14/h5,7-8,12,15,18-19H,4,6,9-11H2,1-3H3. The quantitative estimate of drug-likeness (QED) is 0.791. The number of para-hydroxylation sites is 1. The normalized spacial score (nSPS) is 16.5. The zero-order valence-electron chi connectivity index (χ0n) is 13.2. The first kappa shape index (κ1) is 15.8. The minimum absolute atomic E-state index is 0.179. The summed E-state index contributed by atoms with van der Waals surface area (Å²) in [6.07, 6.45) is 3.25. The van der Waals surface area contributed by atoms with E-state index in [0.717, 1.165) is 19.4 Å². The van der Waals surface area contributed by atoms with Gasteiger partial charge in [-0.1, -0.05) is 38.5 Å². The third-order valence-corrected chi connectivity index (χ3v) is 4.34. The minimum Gasteiger partial charge on any atom is -0.468 e. The Hall–Kier alpha value is -1.55. The molecule has 2 N–H and O–H groups in total. The minimum atomic E-state index is -0.251. The van der Waals surface area contributed by atoms with Crippen molar-refractivity contribution >= 4 is 11.7 Å². The van der Waals surface area contributed by atoms with Crippen molar-refractivity contribution < 1.29 is 9.53 Å². The molecule has 2 unspecified atom stereocenters. The summed E-state index contributed by atoms with van der Waals surface area (Å²) in [4.78, 5) is 11.9. The van der Waals surface area contributed by atoms with Gasteiger partial charge in [0.25, 0.3) is 0 Å². The molecule has 2 atom stereocenters. The number of benzene rings is 1. The van der Waals surface area contributed by atoms with Gasteiger partial charge in [-0.2, -0.15) is 0 Å². The van der Waals surface area contributed by atoms with E-state index in [1.807, 2.05) is 0 Å². The Balaban J connectivity index is 2.09.